The number of hydrogen-bond donors (Lipinski definition) is 1. The molecule has 0 saturated heterocycles. The van der Waals surface area contributed by atoms with Crippen LogP contribution in [-0.2, 0) is 0 Å². The Morgan fingerprint density at radius 1 is 1.22 bits per heavy atom. The Bertz CT molecular complexity index is 783. The highest BCUT2D eigenvalue weighted by Gasteiger charge is 2.10. The molecule has 18 heavy (non-hydrogen) atoms. The number of aryl methyl sites for hydroxylation is 1. The molecule has 3 nitrogen and oxygen atoms in total. The van der Waals surface area contributed by atoms with E-state index in [1.165, 1.54) is 29.5 Å². The van der Waals surface area contributed by atoms with Gasteiger partial charge in [-0.15, -0.1) is 11.3 Å². The van der Waals surface area contributed by atoms with E-state index in [2.05, 4.69) is 0 Å². The monoisotopic (exact) mass is 258 g/mol. The zero-order valence-electron chi connectivity index (χ0n) is 9.64. The zero-order valence-corrected chi connectivity index (χ0v) is 10.5. The fourth-order valence-corrected chi connectivity index (χ4v) is 2.76. The van der Waals surface area contributed by atoms with Crippen LogP contribution in [0.25, 0.3) is 21.6 Å². The van der Waals surface area contributed by atoms with Gasteiger partial charge < -0.3 is 9.52 Å². The average molecular weight is 258 g/mol. The van der Waals surface area contributed by atoms with Crippen LogP contribution in [0.15, 0.2) is 44.9 Å². The van der Waals surface area contributed by atoms with Gasteiger partial charge in [0.25, 0.3) is 0 Å². The highest BCUT2D eigenvalue weighted by atomic mass is 32.1. The van der Waals surface area contributed by atoms with E-state index in [1.54, 1.807) is 6.07 Å². The molecule has 0 bridgehead atoms. The van der Waals surface area contributed by atoms with E-state index in [0.717, 1.165) is 10.4 Å². The lowest BCUT2D eigenvalue weighted by Gasteiger charge is -2.02. The maximum atomic E-state index is 12.0. The third kappa shape index (κ3) is 1.71. The second-order valence-corrected chi connectivity index (χ2v) is 5.00. The molecule has 0 unspecified atom stereocenters. The van der Waals surface area contributed by atoms with Crippen molar-refractivity contribution in [2.75, 3.05) is 0 Å². The first kappa shape index (κ1) is 11.0. The fraction of sp³-hybridized carbons (Fsp3) is 0.0714. The molecular formula is C14H10O3S. The van der Waals surface area contributed by atoms with Gasteiger partial charge in [0, 0.05) is 12.1 Å². The van der Waals surface area contributed by atoms with Crippen molar-refractivity contribution in [1.29, 1.82) is 0 Å². The van der Waals surface area contributed by atoms with Gasteiger partial charge in [0.2, 0.25) is 0 Å². The van der Waals surface area contributed by atoms with Gasteiger partial charge in [-0.2, -0.15) is 0 Å². The van der Waals surface area contributed by atoms with Gasteiger partial charge in [-0.05, 0) is 36.1 Å². The third-order valence-electron chi connectivity index (χ3n) is 2.80. The Hall–Kier alpha value is -2.07. The van der Waals surface area contributed by atoms with Crippen LogP contribution in [-0.4, -0.2) is 5.11 Å². The fourth-order valence-electron chi connectivity index (χ4n) is 1.88. The maximum Gasteiger partial charge on any atom is 0.193 e. The lowest BCUT2D eigenvalue weighted by atomic mass is 10.2. The number of benzene rings is 1. The molecule has 90 valence electrons. The largest absolute Gasteiger partial charge is 0.508 e. The second-order valence-electron chi connectivity index (χ2n) is 4.09. The summed E-state index contributed by atoms with van der Waals surface area (Å²) in [5.74, 6) is 0.635. The van der Waals surface area contributed by atoms with Crippen LogP contribution in [0, 0.1) is 6.92 Å². The Morgan fingerprint density at radius 3 is 2.78 bits per heavy atom. The predicted molar refractivity (Wildman–Crippen MR) is 72.2 cm³/mol. The third-order valence-corrected chi connectivity index (χ3v) is 3.83. The Balaban J connectivity index is 2.33. The number of aromatic hydroxyl groups is 1. The molecule has 0 aliphatic heterocycles. The highest BCUT2D eigenvalue weighted by Crippen LogP contribution is 2.30. The van der Waals surface area contributed by atoms with Gasteiger partial charge in [-0.25, -0.2) is 0 Å². The number of rotatable bonds is 1. The van der Waals surface area contributed by atoms with Gasteiger partial charge in [-0.3, -0.25) is 4.79 Å². The van der Waals surface area contributed by atoms with E-state index in [-0.39, 0.29) is 11.2 Å². The van der Waals surface area contributed by atoms with E-state index in [0.29, 0.717) is 16.7 Å². The van der Waals surface area contributed by atoms with Crippen molar-refractivity contribution in [1.82, 2.24) is 0 Å². The van der Waals surface area contributed by atoms with Crippen LogP contribution < -0.4 is 5.43 Å². The summed E-state index contributed by atoms with van der Waals surface area (Å²) in [5, 5.41) is 11.9. The van der Waals surface area contributed by atoms with Gasteiger partial charge in [-0.1, -0.05) is 0 Å². The predicted octanol–water partition coefficient (Wildman–Crippen LogP) is 3.54. The van der Waals surface area contributed by atoms with E-state index < -0.39 is 0 Å². The number of thiophene rings is 1. The molecule has 0 amide bonds. The lowest BCUT2D eigenvalue weighted by Crippen LogP contribution is -1.99. The summed E-state index contributed by atoms with van der Waals surface area (Å²) in [6.45, 7) is 1.97. The SMILES string of the molecule is Cc1ccsc1-c1cc(=O)c2ccc(O)cc2o1. The minimum Gasteiger partial charge on any atom is -0.508 e. The van der Waals surface area contributed by atoms with Crippen molar-refractivity contribution in [3.05, 3.63) is 51.5 Å². The molecule has 4 heteroatoms. The quantitative estimate of drug-likeness (QED) is 0.726. The van der Waals surface area contributed by atoms with Crippen LogP contribution in [0.3, 0.4) is 0 Å². The van der Waals surface area contributed by atoms with Crippen molar-refractivity contribution in [2.24, 2.45) is 0 Å². The van der Waals surface area contributed by atoms with Crippen molar-refractivity contribution in [3.63, 3.8) is 0 Å². The van der Waals surface area contributed by atoms with Crippen LogP contribution in [0.5, 0.6) is 5.75 Å². The lowest BCUT2D eigenvalue weighted by molar-refractivity contribution is 0.474. The molecule has 0 fully saturated rings. The van der Waals surface area contributed by atoms with Crippen molar-refractivity contribution < 1.29 is 9.52 Å². The van der Waals surface area contributed by atoms with Crippen molar-refractivity contribution in [2.45, 2.75) is 6.92 Å². The topological polar surface area (TPSA) is 50.4 Å². The molecule has 0 radical (unpaired) electrons. The summed E-state index contributed by atoms with van der Waals surface area (Å²) < 4.78 is 5.70. The van der Waals surface area contributed by atoms with Gasteiger partial charge in [0.15, 0.2) is 5.43 Å². The number of phenols is 1. The van der Waals surface area contributed by atoms with Crippen molar-refractivity contribution >= 4 is 22.3 Å². The molecule has 0 aliphatic rings. The second kappa shape index (κ2) is 3.99. The number of phenolic OH excluding ortho intramolecular Hbond substituents is 1. The minimum atomic E-state index is -0.0981. The van der Waals surface area contributed by atoms with Crippen LogP contribution >= 0.6 is 11.3 Å². The van der Waals surface area contributed by atoms with E-state index >= 15 is 0 Å². The molecule has 3 rings (SSSR count). The molecule has 0 atom stereocenters. The first-order valence-corrected chi connectivity index (χ1v) is 6.34. The standard InChI is InChI=1S/C14H10O3S/c1-8-4-5-18-14(8)13-7-11(16)10-3-2-9(15)6-12(10)17-13/h2-7,15H,1H3. The van der Waals surface area contributed by atoms with Crippen LogP contribution in [0.4, 0.5) is 0 Å². The molecule has 2 heterocycles. The van der Waals surface area contributed by atoms with Gasteiger partial charge >= 0.3 is 0 Å². The number of hydrogen-bond acceptors (Lipinski definition) is 4. The van der Waals surface area contributed by atoms with Gasteiger partial charge in [0.1, 0.15) is 17.1 Å². The minimum absolute atomic E-state index is 0.0886. The van der Waals surface area contributed by atoms with E-state index in [4.69, 9.17) is 4.42 Å². The van der Waals surface area contributed by atoms with Crippen molar-refractivity contribution in [3.8, 4) is 16.4 Å². The summed E-state index contributed by atoms with van der Waals surface area (Å²) in [7, 11) is 0. The van der Waals surface area contributed by atoms with E-state index in [1.807, 2.05) is 18.4 Å². The Kier molecular flexibility index (Phi) is 2.45. The summed E-state index contributed by atoms with van der Waals surface area (Å²) >= 11 is 1.53. The van der Waals surface area contributed by atoms with Crippen LogP contribution in [0.1, 0.15) is 5.56 Å². The average Bonchev–Trinajstić information content (AvgIpc) is 2.74. The summed E-state index contributed by atoms with van der Waals surface area (Å²) in [6, 6.07) is 7.99. The normalized spacial score (nSPS) is 10.9. The Labute approximate surface area is 107 Å². The molecule has 0 aliphatic carbocycles. The molecule has 1 aromatic carbocycles. The molecule has 3 aromatic rings. The summed E-state index contributed by atoms with van der Waals surface area (Å²) in [5.41, 5.74) is 1.38. The molecular weight excluding hydrogens is 248 g/mol. The van der Waals surface area contributed by atoms with E-state index in [9.17, 15) is 9.90 Å². The maximum absolute atomic E-state index is 12.0. The molecule has 2 aromatic heterocycles. The summed E-state index contributed by atoms with van der Waals surface area (Å²) in [6.07, 6.45) is 0. The smallest absolute Gasteiger partial charge is 0.193 e. The van der Waals surface area contributed by atoms with Gasteiger partial charge in [0.05, 0.1) is 10.3 Å². The molecule has 1 N–H and O–H groups in total. The number of fused-ring (bicyclic) bond motifs is 1. The first-order valence-electron chi connectivity index (χ1n) is 5.46. The highest BCUT2D eigenvalue weighted by molar-refractivity contribution is 7.13. The summed E-state index contributed by atoms with van der Waals surface area (Å²) in [4.78, 5) is 12.9. The van der Waals surface area contributed by atoms with Crippen LogP contribution in [0.2, 0.25) is 0 Å². The molecule has 0 saturated carbocycles. The Morgan fingerprint density at radius 2 is 2.06 bits per heavy atom. The molecule has 0 spiro atoms. The first-order chi connectivity index (χ1) is 8.65. The zero-order chi connectivity index (χ0) is 12.7.